The zero-order chi connectivity index (χ0) is 24.4. The first-order valence-corrected chi connectivity index (χ1v) is 13.3. The quantitative estimate of drug-likeness (QED) is 0.429. The van der Waals surface area contributed by atoms with Crippen LogP contribution in [-0.2, 0) is 20.4 Å². The van der Waals surface area contributed by atoms with Crippen LogP contribution in [0, 0.1) is 44.6 Å². The Morgan fingerprint density at radius 2 is 1.23 bits per heavy atom. The molecule has 0 aliphatic heterocycles. The van der Waals surface area contributed by atoms with Gasteiger partial charge in [-0.3, -0.25) is 19.7 Å². The van der Waals surface area contributed by atoms with Gasteiger partial charge >= 0.3 is 11.9 Å². The van der Waals surface area contributed by atoms with Gasteiger partial charge < -0.3 is 10.2 Å². The van der Waals surface area contributed by atoms with Crippen molar-refractivity contribution >= 4 is 17.6 Å². The fourth-order valence-electron chi connectivity index (χ4n) is 11.1. The number of carboxylic acids is 2. The molecular weight excluding hydrogens is 446 g/mol. The Kier molecular flexibility index (Phi) is 4.15. The predicted octanol–water partition coefficient (Wildman–Crippen LogP) is 5.44. The highest BCUT2D eigenvalue weighted by molar-refractivity contribution is 5.77. The van der Waals surface area contributed by atoms with Gasteiger partial charge in [0.1, 0.15) is 0 Å². The first-order chi connectivity index (χ1) is 16.6. The summed E-state index contributed by atoms with van der Waals surface area (Å²) in [6.45, 7) is 0. The fraction of sp³-hybridized carbons (Fsp3) is 0.714. The topological polar surface area (TPSA) is 118 Å². The van der Waals surface area contributed by atoms with Gasteiger partial charge in [0.2, 0.25) is 0 Å². The number of hydrogen-bond donors (Lipinski definition) is 2. The second-order valence-electron chi connectivity index (χ2n) is 13.6. The van der Waals surface area contributed by atoms with E-state index in [0.717, 1.165) is 62.5 Å². The molecule has 8 bridgehead atoms. The number of nitrogens with zero attached hydrogens (tertiary/aromatic N) is 1. The van der Waals surface area contributed by atoms with Gasteiger partial charge in [0.05, 0.1) is 15.8 Å². The molecule has 8 aliphatic rings. The molecule has 9 rings (SSSR count). The largest absolute Gasteiger partial charge is 0.481 e. The number of rotatable bonds is 5. The molecule has 0 amide bonds. The van der Waals surface area contributed by atoms with Crippen LogP contribution in [0.1, 0.15) is 88.2 Å². The van der Waals surface area contributed by atoms with Crippen molar-refractivity contribution in [2.24, 2.45) is 34.5 Å². The van der Waals surface area contributed by atoms with Gasteiger partial charge in [-0.2, -0.15) is 0 Å². The summed E-state index contributed by atoms with van der Waals surface area (Å²) in [5.74, 6) is -0.0258. The molecule has 7 heteroatoms. The third-order valence-electron chi connectivity index (χ3n) is 11.4. The zero-order valence-electron chi connectivity index (χ0n) is 20.0. The molecule has 0 spiro atoms. The van der Waals surface area contributed by atoms with E-state index in [1.54, 1.807) is 6.07 Å². The number of nitro groups is 1. The lowest BCUT2D eigenvalue weighted by molar-refractivity contribution is -0.386. The van der Waals surface area contributed by atoms with Crippen molar-refractivity contribution in [3.05, 3.63) is 39.4 Å². The van der Waals surface area contributed by atoms with Crippen molar-refractivity contribution in [3.63, 3.8) is 0 Å². The lowest BCUT2D eigenvalue weighted by Gasteiger charge is -2.61. The van der Waals surface area contributed by atoms with Crippen LogP contribution in [-0.4, -0.2) is 27.1 Å². The minimum atomic E-state index is -0.746. The highest BCUT2D eigenvalue weighted by atomic mass is 16.6. The fourth-order valence-corrected chi connectivity index (χ4v) is 11.1. The van der Waals surface area contributed by atoms with Crippen LogP contribution in [0.3, 0.4) is 0 Å². The number of benzene rings is 1. The van der Waals surface area contributed by atoms with Crippen LogP contribution in [0.2, 0.25) is 0 Å². The maximum Gasteiger partial charge on any atom is 0.309 e. The Bertz CT molecular complexity index is 1140. The minimum absolute atomic E-state index is 0.130. The number of carboxylic acid groups (broad SMARTS) is 2. The van der Waals surface area contributed by atoms with Crippen LogP contribution >= 0.6 is 0 Å². The van der Waals surface area contributed by atoms with E-state index in [4.69, 9.17) is 0 Å². The second kappa shape index (κ2) is 6.65. The van der Waals surface area contributed by atoms with Crippen LogP contribution in [0.15, 0.2) is 18.2 Å². The lowest BCUT2D eigenvalue weighted by atomic mass is 9.42. The summed E-state index contributed by atoms with van der Waals surface area (Å²) in [5, 5.41) is 32.8. The third-order valence-corrected chi connectivity index (χ3v) is 11.4. The summed E-state index contributed by atoms with van der Waals surface area (Å²) in [4.78, 5) is 36.9. The molecule has 186 valence electrons. The molecule has 8 aliphatic carbocycles. The van der Waals surface area contributed by atoms with Crippen molar-refractivity contribution in [3.8, 4) is 0 Å². The van der Waals surface area contributed by atoms with Crippen molar-refractivity contribution in [2.75, 3.05) is 0 Å². The number of carbonyl (C=O) groups is 2. The third kappa shape index (κ3) is 2.84. The van der Waals surface area contributed by atoms with E-state index in [1.165, 1.54) is 0 Å². The van der Waals surface area contributed by atoms with Gasteiger partial charge in [0.15, 0.2) is 0 Å². The van der Waals surface area contributed by atoms with Crippen LogP contribution in [0.5, 0.6) is 0 Å². The average molecular weight is 480 g/mol. The Morgan fingerprint density at radius 3 is 1.69 bits per heavy atom. The molecule has 8 saturated carbocycles. The van der Waals surface area contributed by atoms with Gasteiger partial charge in [-0.1, -0.05) is 12.1 Å². The summed E-state index contributed by atoms with van der Waals surface area (Å²) in [7, 11) is 0. The minimum Gasteiger partial charge on any atom is -0.481 e. The zero-order valence-corrected chi connectivity index (χ0v) is 20.0. The summed E-state index contributed by atoms with van der Waals surface area (Å²) in [6, 6.07) is 5.77. The molecular formula is C28H33NO6. The summed E-state index contributed by atoms with van der Waals surface area (Å²) in [5.41, 5.74) is -0.377. The SMILES string of the molecule is O=C(O)C12CC3CC(C1)CC(c1ccc(C45CC6CC(CC(C(=O)O)(C6)C4)C5)c([N+](=O)[O-])c1)(C3)C2. The molecule has 0 heterocycles. The van der Waals surface area contributed by atoms with Crippen LogP contribution < -0.4 is 0 Å². The highest BCUT2D eigenvalue weighted by Gasteiger charge is 2.64. The Morgan fingerprint density at radius 1 is 0.771 bits per heavy atom. The number of nitro benzene ring substituents is 1. The van der Waals surface area contributed by atoms with E-state index >= 15 is 0 Å². The standard InChI is InChI=1S/C28H33NO6/c30-23(31)27-10-16-3-17(11-27)7-25(6-16,14-27)20-1-2-21(22(5-20)29(34)35)26-8-18-4-19(9-26)13-28(12-18,15-26)24(32)33/h1-2,5,16-19H,3-4,6-15H2,(H,30,31)(H,32,33). The molecule has 35 heavy (non-hydrogen) atoms. The smallest absolute Gasteiger partial charge is 0.309 e. The number of aliphatic carboxylic acids is 2. The van der Waals surface area contributed by atoms with Crippen molar-refractivity contribution in [1.29, 1.82) is 0 Å². The monoisotopic (exact) mass is 479 g/mol. The maximum atomic E-state index is 12.5. The second-order valence-corrected chi connectivity index (χ2v) is 13.6. The highest BCUT2D eigenvalue weighted by Crippen LogP contribution is 2.68. The molecule has 0 aromatic heterocycles. The molecule has 0 saturated heterocycles. The van der Waals surface area contributed by atoms with Gasteiger partial charge in [-0.05, 0) is 112 Å². The molecule has 1 aromatic carbocycles. The van der Waals surface area contributed by atoms with E-state index in [0.29, 0.717) is 49.4 Å². The Balaban J connectivity index is 1.32. The molecule has 8 fully saturated rings. The lowest BCUT2D eigenvalue weighted by Crippen LogP contribution is -2.57. The first-order valence-electron chi connectivity index (χ1n) is 13.3. The van der Waals surface area contributed by atoms with E-state index in [-0.39, 0.29) is 16.0 Å². The Labute approximate surface area is 204 Å². The van der Waals surface area contributed by atoms with E-state index in [2.05, 4.69) is 6.07 Å². The first kappa shape index (κ1) is 21.8. The van der Waals surface area contributed by atoms with Crippen molar-refractivity contribution in [1.82, 2.24) is 0 Å². The predicted molar refractivity (Wildman–Crippen MR) is 126 cm³/mol. The summed E-state index contributed by atoms with van der Waals surface area (Å²) in [6.07, 6.45) is 9.63. The van der Waals surface area contributed by atoms with E-state index in [9.17, 15) is 29.9 Å². The molecule has 4 atom stereocenters. The van der Waals surface area contributed by atoms with Gasteiger partial charge in [0.25, 0.3) is 5.69 Å². The maximum absolute atomic E-state index is 12.5. The van der Waals surface area contributed by atoms with Gasteiger partial charge in [-0.25, -0.2) is 0 Å². The molecule has 2 N–H and O–H groups in total. The van der Waals surface area contributed by atoms with E-state index in [1.807, 2.05) is 6.07 Å². The Hall–Kier alpha value is -2.44. The normalized spacial score (nSPS) is 46.6. The molecule has 4 unspecified atom stereocenters. The van der Waals surface area contributed by atoms with E-state index < -0.39 is 28.2 Å². The average Bonchev–Trinajstić information content (AvgIpc) is 2.77. The molecule has 1 aromatic rings. The summed E-state index contributed by atoms with van der Waals surface area (Å²) < 4.78 is 0. The van der Waals surface area contributed by atoms with Gasteiger partial charge in [-0.15, -0.1) is 0 Å². The summed E-state index contributed by atoms with van der Waals surface area (Å²) >= 11 is 0. The van der Waals surface area contributed by atoms with Gasteiger partial charge in [0, 0.05) is 17.0 Å². The van der Waals surface area contributed by atoms with Crippen LogP contribution in [0.25, 0.3) is 0 Å². The van der Waals surface area contributed by atoms with Crippen LogP contribution in [0.4, 0.5) is 5.69 Å². The molecule has 0 radical (unpaired) electrons. The molecule has 7 nitrogen and oxygen atoms in total. The van der Waals surface area contributed by atoms with Crippen molar-refractivity contribution in [2.45, 2.75) is 87.9 Å². The van der Waals surface area contributed by atoms with Crippen molar-refractivity contribution < 1.29 is 24.7 Å². The number of hydrogen-bond acceptors (Lipinski definition) is 4.